The summed E-state index contributed by atoms with van der Waals surface area (Å²) in [6.07, 6.45) is 1.55. The molecule has 0 saturated carbocycles. The molecule has 12 heavy (non-hydrogen) atoms. The molecule has 2 aromatic heterocycles. The summed E-state index contributed by atoms with van der Waals surface area (Å²) in [6, 6.07) is 4.93. The zero-order valence-electron chi connectivity index (χ0n) is 6.01. The lowest BCUT2D eigenvalue weighted by molar-refractivity contribution is 0.0690. The minimum Gasteiger partial charge on any atom is -0.476 e. The van der Waals surface area contributed by atoms with Crippen LogP contribution in [0.1, 0.15) is 10.5 Å². The van der Waals surface area contributed by atoms with Gasteiger partial charge in [0.05, 0.1) is 5.52 Å². The van der Waals surface area contributed by atoms with Crippen molar-refractivity contribution < 1.29 is 9.90 Å². The van der Waals surface area contributed by atoms with Crippen LogP contribution in [-0.4, -0.2) is 25.9 Å². The number of fused-ring (bicyclic) bond motifs is 1. The van der Waals surface area contributed by atoms with Crippen molar-refractivity contribution in [3.8, 4) is 0 Å². The molecule has 0 aliphatic rings. The first kappa shape index (κ1) is 6.78. The Bertz CT molecular complexity index is 402. The highest BCUT2D eigenvalue weighted by atomic mass is 16.4. The second kappa shape index (κ2) is 2.30. The van der Waals surface area contributed by atoms with Gasteiger partial charge in [-0.05, 0) is 12.1 Å². The Kier molecular flexibility index (Phi) is 1.30. The number of aromatic nitrogens is 3. The van der Waals surface area contributed by atoms with E-state index in [0.717, 1.165) is 0 Å². The molecule has 0 aliphatic heterocycles. The van der Waals surface area contributed by atoms with E-state index in [2.05, 4.69) is 10.2 Å². The summed E-state index contributed by atoms with van der Waals surface area (Å²) >= 11 is 0. The van der Waals surface area contributed by atoms with Gasteiger partial charge in [0, 0.05) is 12.3 Å². The van der Waals surface area contributed by atoms with Crippen molar-refractivity contribution >= 4 is 11.5 Å². The maximum atomic E-state index is 10.5. The lowest BCUT2D eigenvalue weighted by Crippen LogP contribution is -1.98. The van der Waals surface area contributed by atoms with Crippen LogP contribution in [0, 0.1) is 0 Å². The fourth-order valence-electron chi connectivity index (χ4n) is 0.941. The Balaban J connectivity index is 2.70. The van der Waals surface area contributed by atoms with E-state index >= 15 is 0 Å². The molecular weight excluding hydrogens is 158 g/mol. The predicted molar refractivity (Wildman–Crippen MR) is 39.9 cm³/mol. The Labute approximate surface area is 67.2 Å². The van der Waals surface area contributed by atoms with Gasteiger partial charge >= 0.3 is 5.97 Å². The van der Waals surface area contributed by atoms with Gasteiger partial charge in [-0.2, -0.15) is 9.73 Å². The third kappa shape index (κ3) is 0.914. The summed E-state index contributed by atoms with van der Waals surface area (Å²) in [5.74, 6) is -1.04. The van der Waals surface area contributed by atoms with Gasteiger partial charge in [0.2, 0.25) is 0 Å². The van der Waals surface area contributed by atoms with Crippen molar-refractivity contribution in [1.82, 2.24) is 14.8 Å². The second-order valence-electron chi connectivity index (χ2n) is 2.27. The molecule has 0 spiro atoms. The number of carboxylic acids is 1. The number of hydrogen-bond donors (Lipinski definition) is 1. The highest BCUT2D eigenvalue weighted by Crippen LogP contribution is 2.02. The van der Waals surface area contributed by atoms with E-state index in [4.69, 9.17) is 5.11 Å². The molecular formula is C7H5N3O2. The molecule has 0 fully saturated rings. The zero-order chi connectivity index (χ0) is 8.55. The van der Waals surface area contributed by atoms with Crippen LogP contribution in [0.3, 0.4) is 0 Å². The first-order chi connectivity index (χ1) is 5.77. The molecule has 0 radical (unpaired) electrons. The number of carboxylic acid groups (broad SMARTS) is 1. The molecule has 5 heteroatoms. The van der Waals surface area contributed by atoms with Gasteiger partial charge in [-0.25, -0.2) is 4.79 Å². The molecule has 5 nitrogen and oxygen atoms in total. The Morgan fingerprint density at radius 2 is 2.42 bits per heavy atom. The third-order valence-electron chi connectivity index (χ3n) is 1.47. The van der Waals surface area contributed by atoms with Crippen molar-refractivity contribution in [3.63, 3.8) is 0 Å². The summed E-state index contributed by atoms with van der Waals surface area (Å²) in [6.45, 7) is 0. The lowest BCUT2D eigenvalue weighted by atomic mass is 10.4. The maximum Gasteiger partial charge on any atom is 0.356 e. The van der Waals surface area contributed by atoms with Crippen molar-refractivity contribution in [2.75, 3.05) is 0 Å². The SMILES string of the molecule is O=C(O)c1cc2cccnn2n1. The third-order valence-corrected chi connectivity index (χ3v) is 1.47. The number of hydrogen-bond acceptors (Lipinski definition) is 3. The second-order valence-corrected chi connectivity index (χ2v) is 2.27. The maximum absolute atomic E-state index is 10.5. The van der Waals surface area contributed by atoms with Crippen molar-refractivity contribution in [2.45, 2.75) is 0 Å². The van der Waals surface area contributed by atoms with Crippen LogP contribution < -0.4 is 0 Å². The minimum atomic E-state index is -1.04. The normalized spacial score (nSPS) is 10.3. The van der Waals surface area contributed by atoms with E-state index in [9.17, 15) is 4.79 Å². The zero-order valence-corrected chi connectivity index (χ0v) is 6.01. The van der Waals surface area contributed by atoms with Gasteiger partial charge in [-0.15, -0.1) is 5.10 Å². The standard InChI is InChI=1S/C7H5N3O2/c11-7(12)6-4-5-2-1-3-8-10(5)9-6/h1-4H,(H,11,12). The molecule has 2 rings (SSSR count). The topological polar surface area (TPSA) is 67.5 Å². The smallest absolute Gasteiger partial charge is 0.356 e. The van der Waals surface area contributed by atoms with Crippen LogP contribution in [0.4, 0.5) is 0 Å². The summed E-state index contributed by atoms with van der Waals surface area (Å²) in [7, 11) is 0. The van der Waals surface area contributed by atoms with E-state index in [1.54, 1.807) is 18.3 Å². The summed E-state index contributed by atoms with van der Waals surface area (Å²) in [5.41, 5.74) is 0.684. The Morgan fingerprint density at radius 3 is 3.08 bits per heavy atom. The first-order valence-corrected chi connectivity index (χ1v) is 3.32. The quantitative estimate of drug-likeness (QED) is 0.661. The van der Waals surface area contributed by atoms with E-state index < -0.39 is 5.97 Å². The molecule has 2 aromatic rings. The van der Waals surface area contributed by atoms with Gasteiger partial charge in [0.25, 0.3) is 0 Å². The average Bonchev–Trinajstić information content (AvgIpc) is 2.46. The molecule has 60 valence electrons. The molecule has 0 unspecified atom stereocenters. The van der Waals surface area contributed by atoms with Gasteiger partial charge in [-0.1, -0.05) is 0 Å². The van der Waals surface area contributed by atoms with Crippen LogP contribution in [0.5, 0.6) is 0 Å². The highest BCUT2D eigenvalue weighted by molar-refractivity contribution is 5.86. The summed E-state index contributed by atoms with van der Waals surface area (Å²) < 4.78 is 1.28. The van der Waals surface area contributed by atoms with Crippen LogP contribution >= 0.6 is 0 Å². The van der Waals surface area contributed by atoms with Crippen LogP contribution in [0.2, 0.25) is 0 Å². The van der Waals surface area contributed by atoms with Crippen molar-refractivity contribution in [1.29, 1.82) is 0 Å². The fourth-order valence-corrected chi connectivity index (χ4v) is 0.941. The largest absolute Gasteiger partial charge is 0.476 e. The summed E-state index contributed by atoms with van der Waals surface area (Å²) in [5, 5.41) is 16.1. The molecule has 0 bridgehead atoms. The van der Waals surface area contributed by atoms with Crippen molar-refractivity contribution in [2.24, 2.45) is 0 Å². The van der Waals surface area contributed by atoms with Crippen LogP contribution in [0.15, 0.2) is 24.4 Å². The monoisotopic (exact) mass is 163 g/mol. The van der Waals surface area contributed by atoms with Gasteiger partial charge in [0.15, 0.2) is 5.69 Å². The van der Waals surface area contributed by atoms with Gasteiger partial charge in [-0.3, -0.25) is 0 Å². The van der Waals surface area contributed by atoms with Gasteiger partial charge in [0.1, 0.15) is 0 Å². The number of rotatable bonds is 1. The Morgan fingerprint density at radius 1 is 1.58 bits per heavy atom. The summed E-state index contributed by atoms with van der Waals surface area (Å²) in [4.78, 5) is 10.5. The van der Waals surface area contributed by atoms with Crippen molar-refractivity contribution in [3.05, 3.63) is 30.1 Å². The Hall–Kier alpha value is -1.91. The number of carbonyl (C=O) groups is 1. The first-order valence-electron chi connectivity index (χ1n) is 3.32. The molecule has 0 aliphatic carbocycles. The molecule has 0 atom stereocenters. The van der Waals surface area contributed by atoms with E-state index in [-0.39, 0.29) is 5.69 Å². The minimum absolute atomic E-state index is 0.00806. The number of aromatic carboxylic acids is 1. The molecule has 1 N–H and O–H groups in total. The molecule has 0 amide bonds. The molecule has 0 saturated heterocycles. The fraction of sp³-hybridized carbons (Fsp3) is 0. The number of nitrogens with zero attached hydrogens (tertiary/aromatic N) is 3. The highest BCUT2D eigenvalue weighted by Gasteiger charge is 2.07. The van der Waals surface area contributed by atoms with E-state index in [0.29, 0.717) is 5.52 Å². The van der Waals surface area contributed by atoms with Crippen LogP contribution in [-0.2, 0) is 0 Å². The average molecular weight is 163 g/mol. The van der Waals surface area contributed by atoms with E-state index in [1.807, 2.05) is 0 Å². The predicted octanol–water partition coefficient (Wildman–Crippen LogP) is 0.427. The van der Waals surface area contributed by atoms with Crippen LogP contribution in [0.25, 0.3) is 5.52 Å². The molecule has 2 heterocycles. The van der Waals surface area contributed by atoms with Gasteiger partial charge < -0.3 is 5.11 Å². The lowest BCUT2D eigenvalue weighted by Gasteiger charge is -1.85. The molecule has 0 aromatic carbocycles. The van der Waals surface area contributed by atoms with E-state index in [1.165, 1.54) is 10.7 Å².